The van der Waals surface area contributed by atoms with Crippen LogP contribution in [0.3, 0.4) is 0 Å². The van der Waals surface area contributed by atoms with Crippen molar-refractivity contribution in [3.63, 3.8) is 0 Å². The SMILES string of the molecule is C=C=C([C@H](NP(=O)(c1ccccc1)c1ccccc1)c1ccccc1)[Si](C)(C)C. The van der Waals surface area contributed by atoms with Crippen molar-refractivity contribution in [1.29, 1.82) is 0 Å². The zero-order chi connectivity index (χ0) is 20.9. The van der Waals surface area contributed by atoms with Crippen LogP contribution < -0.4 is 15.7 Å². The van der Waals surface area contributed by atoms with Crippen molar-refractivity contribution in [2.45, 2.75) is 25.7 Å². The van der Waals surface area contributed by atoms with Gasteiger partial charge in [0.05, 0.1) is 14.1 Å². The molecule has 1 atom stereocenters. The summed E-state index contributed by atoms with van der Waals surface area (Å²) < 4.78 is 14.6. The third-order valence-corrected chi connectivity index (χ3v) is 9.72. The third kappa shape index (κ3) is 4.78. The first-order chi connectivity index (χ1) is 13.9. The Morgan fingerprint density at radius 2 is 1.24 bits per heavy atom. The Bertz CT molecular complexity index is 993. The molecule has 3 rings (SSSR count). The monoisotopic (exact) mass is 417 g/mol. The molecule has 0 bridgehead atoms. The van der Waals surface area contributed by atoms with Crippen molar-refractivity contribution >= 4 is 26.0 Å². The highest BCUT2D eigenvalue weighted by Crippen LogP contribution is 2.44. The molecule has 0 fully saturated rings. The van der Waals surface area contributed by atoms with Gasteiger partial charge in [0, 0.05) is 10.6 Å². The second-order valence-electron chi connectivity index (χ2n) is 8.09. The number of hydrogen-bond donors (Lipinski definition) is 1. The van der Waals surface area contributed by atoms with Gasteiger partial charge in [0.2, 0.25) is 7.29 Å². The molecular weight excluding hydrogens is 389 g/mol. The Morgan fingerprint density at radius 1 is 0.828 bits per heavy atom. The lowest BCUT2D eigenvalue weighted by atomic mass is 10.1. The van der Waals surface area contributed by atoms with Gasteiger partial charge in [0.15, 0.2) is 0 Å². The number of nitrogens with one attached hydrogen (secondary N) is 1. The quantitative estimate of drug-likeness (QED) is 0.297. The molecule has 4 heteroatoms. The number of hydrogen-bond acceptors (Lipinski definition) is 1. The normalized spacial score (nSPS) is 12.8. The van der Waals surface area contributed by atoms with E-state index in [1.54, 1.807) is 0 Å². The zero-order valence-corrected chi connectivity index (χ0v) is 19.2. The van der Waals surface area contributed by atoms with E-state index < -0.39 is 15.4 Å². The van der Waals surface area contributed by atoms with Crippen LogP contribution in [0.1, 0.15) is 11.6 Å². The average Bonchev–Trinajstić information content (AvgIpc) is 2.74. The van der Waals surface area contributed by atoms with Crippen molar-refractivity contribution in [3.05, 3.63) is 114 Å². The van der Waals surface area contributed by atoms with Gasteiger partial charge in [-0.1, -0.05) is 93.0 Å². The Kier molecular flexibility index (Phi) is 6.57. The van der Waals surface area contributed by atoms with Crippen molar-refractivity contribution in [1.82, 2.24) is 5.09 Å². The molecule has 148 valence electrons. The molecule has 0 amide bonds. The fourth-order valence-electron chi connectivity index (χ4n) is 3.51. The largest absolute Gasteiger partial charge is 0.296 e. The predicted molar refractivity (Wildman–Crippen MR) is 128 cm³/mol. The highest BCUT2D eigenvalue weighted by Gasteiger charge is 2.35. The molecule has 3 aromatic carbocycles. The van der Waals surface area contributed by atoms with Crippen molar-refractivity contribution in [2.75, 3.05) is 0 Å². The summed E-state index contributed by atoms with van der Waals surface area (Å²) in [6.07, 6.45) is 0. The Hall–Kier alpha value is -2.41. The van der Waals surface area contributed by atoms with E-state index in [4.69, 9.17) is 0 Å². The molecule has 1 N–H and O–H groups in total. The molecule has 0 unspecified atom stereocenters. The van der Waals surface area contributed by atoms with Crippen LogP contribution in [0.15, 0.2) is 109 Å². The van der Waals surface area contributed by atoms with E-state index >= 15 is 0 Å². The summed E-state index contributed by atoms with van der Waals surface area (Å²) in [5.41, 5.74) is 4.29. The second kappa shape index (κ2) is 8.94. The van der Waals surface area contributed by atoms with Crippen LogP contribution >= 0.6 is 7.29 Å². The molecule has 0 spiro atoms. The van der Waals surface area contributed by atoms with E-state index in [0.29, 0.717) is 0 Å². The molecule has 29 heavy (non-hydrogen) atoms. The molecule has 0 aliphatic rings. The van der Waals surface area contributed by atoms with Gasteiger partial charge >= 0.3 is 0 Å². The highest BCUT2D eigenvalue weighted by molar-refractivity contribution is 7.76. The van der Waals surface area contributed by atoms with Gasteiger partial charge in [-0.2, -0.15) is 0 Å². The first kappa shape index (κ1) is 21.3. The van der Waals surface area contributed by atoms with E-state index in [1.807, 2.05) is 78.9 Å². The van der Waals surface area contributed by atoms with Gasteiger partial charge in [-0.05, 0) is 35.0 Å². The molecule has 0 aliphatic heterocycles. The van der Waals surface area contributed by atoms with Crippen LogP contribution in [0.5, 0.6) is 0 Å². The van der Waals surface area contributed by atoms with Gasteiger partial charge in [0.1, 0.15) is 0 Å². The van der Waals surface area contributed by atoms with Crippen LogP contribution in [0.4, 0.5) is 0 Å². The molecule has 0 saturated carbocycles. The van der Waals surface area contributed by atoms with Crippen molar-refractivity contribution in [2.24, 2.45) is 0 Å². The summed E-state index contributed by atoms with van der Waals surface area (Å²) in [6.45, 7) is 10.8. The van der Waals surface area contributed by atoms with E-state index in [0.717, 1.165) is 21.4 Å². The third-order valence-electron chi connectivity index (χ3n) is 4.97. The number of rotatable bonds is 7. The summed E-state index contributed by atoms with van der Waals surface area (Å²) in [5.74, 6) is 0. The Morgan fingerprint density at radius 3 is 1.62 bits per heavy atom. The lowest BCUT2D eigenvalue weighted by molar-refractivity contribution is 0.572. The summed E-state index contributed by atoms with van der Waals surface area (Å²) in [4.78, 5) is 0. The van der Waals surface area contributed by atoms with Crippen LogP contribution in [0, 0.1) is 0 Å². The maximum absolute atomic E-state index is 14.6. The van der Waals surface area contributed by atoms with E-state index in [9.17, 15) is 4.57 Å². The van der Waals surface area contributed by atoms with Crippen LogP contribution in [-0.4, -0.2) is 8.07 Å². The van der Waals surface area contributed by atoms with E-state index in [-0.39, 0.29) is 6.04 Å². The smallest absolute Gasteiger partial charge is 0.205 e. The summed E-state index contributed by atoms with van der Waals surface area (Å²) in [5, 5.41) is 6.30. The Labute approximate surface area is 175 Å². The summed E-state index contributed by atoms with van der Waals surface area (Å²) in [6, 6.07) is 29.4. The molecule has 0 heterocycles. The van der Waals surface area contributed by atoms with E-state index in [1.165, 1.54) is 0 Å². The minimum absolute atomic E-state index is 0.216. The first-order valence-corrected chi connectivity index (χ1v) is 15.0. The van der Waals surface area contributed by atoms with Crippen LogP contribution in [0.25, 0.3) is 0 Å². The molecule has 0 saturated heterocycles. The molecule has 3 aromatic rings. The molecule has 0 aliphatic carbocycles. The maximum Gasteiger partial charge on any atom is 0.205 e. The van der Waals surface area contributed by atoms with Crippen LogP contribution in [0.2, 0.25) is 19.6 Å². The molecular formula is C25H28NOPSi. The fraction of sp³-hybridized carbons (Fsp3) is 0.160. The van der Waals surface area contributed by atoms with E-state index in [2.05, 4.69) is 49.2 Å². The summed E-state index contributed by atoms with van der Waals surface area (Å²) in [7, 11) is -4.87. The zero-order valence-electron chi connectivity index (χ0n) is 17.3. The lowest BCUT2D eigenvalue weighted by Crippen LogP contribution is -2.37. The standard InChI is InChI=1S/C25H28NOPSi/c1-5-24(29(2,3)4)25(21-15-9-6-10-16-21)26-28(27,22-17-11-7-12-18-22)23-19-13-8-14-20-23/h6-20,25H,1H2,2-4H3,(H,26,27)/t25-/m1/s1. The lowest BCUT2D eigenvalue weighted by Gasteiger charge is -2.32. The van der Waals surface area contributed by atoms with Crippen molar-refractivity contribution in [3.8, 4) is 0 Å². The minimum atomic E-state index is -3.10. The van der Waals surface area contributed by atoms with Gasteiger partial charge < -0.3 is 0 Å². The Balaban J connectivity index is 2.19. The molecule has 0 aromatic heterocycles. The van der Waals surface area contributed by atoms with Gasteiger partial charge in [-0.15, -0.1) is 5.73 Å². The fourth-order valence-corrected chi connectivity index (χ4v) is 7.69. The average molecular weight is 418 g/mol. The number of benzene rings is 3. The minimum Gasteiger partial charge on any atom is -0.296 e. The topological polar surface area (TPSA) is 29.1 Å². The highest BCUT2D eigenvalue weighted by atomic mass is 31.2. The summed E-state index contributed by atoms with van der Waals surface area (Å²) >= 11 is 0. The van der Waals surface area contributed by atoms with Gasteiger partial charge in [-0.3, -0.25) is 4.57 Å². The first-order valence-electron chi connectivity index (χ1n) is 9.81. The maximum atomic E-state index is 14.6. The van der Waals surface area contributed by atoms with Crippen molar-refractivity contribution < 1.29 is 4.57 Å². The molecule has 0 radical (unpaired) electrons. The van der Waals surface area contributed by atoms with Gasteiger partial charge in [0.25, 0.3) is 0 Å². The second-order valence-corrected chi connectivity index (χ2v) is 15.6. The van der Waals surface area contributed by atoms with Gasteiger partial charge in [-0.25, -0.2) is 5.09 Å². The molecule has 2 nitrogen and oxygen atoms in total. The predicted octanol–water partition coefficient (Wildman–Crippen LogP) is 5.84. The van der Waals surface area contributed by atoms with Crippen LogP contribution in [-0.2, 0) is 4.57 Å².